The fourth-order valence-electron chi connectivity index (χ4n) is 4.92. The number of aromatic nitrogens is 2. The first-order valence-electron chi connectivity index (χ1n) is 13.5. The molecule has 0 radical (unpaired) electrons. The van der Waals surface area contributed by atoms with E-state index in [1.165, 1.54) is 54.7 Å². The Morgan fingerprint density at radius 2 is 0.525 bits per heavy atom. The number of hydrogen-bond acceptors (Lipinski definition) is 0. The number of H-pyrrole nitrogens is 2. The molecular formula is C38H30N2. The first kappa shape index (κ1) is 25.0. The maximum Gasteiger partial charge on any atom is 0.0464 e. The van der Waals surface area contributed by atoms with Crippen molar-refractivity contribution in [2.75, 3.05) is 0 Å². The van der Waals surface area contributed by atoms with Crippen molar-refractivity contribution >= 4 is 55.8 Å². The lowest BCUT2D eigenvalue weighted by molar-refractivity contribution is 1.55. The molecule has 192 valence electrons. The number of para-hydroxylation sites is 4. The summed E-state index contributed by atoms with van der Waals surface area (Å²) in [6, 6.07) is 54.1. The standard InChI is InChI=1S/C14H12.2C12H9N/c1-3-7-13(8-4-1)11-12-14-9-5-2-6-10-14;2*1-3-7-11-9(5-1)10-6-2-4-8-12(10)13-11/h1-12H;2*1-8,13H/b12-11+;;. The Bertz CT molecular complexity index is 1750. The van der Waals surface area contributed by atoms with E-state index in [0.29, 0.717) is 0 Å². The molecule has 0 bridgehead atoms. The number of aromatic amines is 2. The van der Waals surface area contributed by atoms with Gasteiger partial charge in [0.1, 0.15) is 0 Å². The highest BCUT2D eigenvalue weighted by Gasteiger charge is 2.01. The summed E-state index contributed by atoms with van der Waals surface area (Å²) in [6.07, 6.45) is 4.24. The Morgan fingerprint density at radius 1 is 0.275 bits per heavy atom. The third kappa shape index (κ3) is 5.72. The van der Waals surface area contributed by atoms with Crippen molar-refractivity contribution in [2.45, 2.75) is 0 Å². The Kier molecular flexibility index (Phi) is 7.50. The van der Waals surface area contributed by atoms with Crippen LogP contribution in [0.4, 0.5) is 0 Å². The number of benzene rings is 6. The van der Waals surface area contributed by atoms with Crippen LogP contribution in [0.5, 0.6) is 0 Å². The van der Waals surface area contributed by atoms with Crippen molar-refractivity contribution in [1.29, 1.82) is 0 Å². The van der Waals surface area contributed by atoms with Gasteiger partial charge in [-0.2, -0.15) is 0 Å². The highest BCUT2D eigenvalue weighted by molar-refractivity contribution is 6.07. The minimum Gasteiger partial charge on any atom is -0.355 e. The van der Waals surface area contributed by atoms with Crippen LogP contribution >= 0.6 is 0 Å². The lowest BCUT2D eigenvalue weighted by atomic mass is 10.1. The van der Waals surface area contributed by atoms with Gasteiger partial charge in [0, 0.05) is 43.6 Å². The fourth-order valence-corrected chi connectivity index (χ4v) is 4.92. The van der Waals surface area contributed by atoms with E-state index in [1.807, 2.05) is 36.4 Å². The minimum atomic E-state index is 1.21. The van der Waals surface area contributed by atoms with Crippen molar-refractivity contribution in [3.63, 3.8) is 0 Å². The van der Waals surface area contributed by atoms with Crippen LogP contribution in [0, 0.1) is 0 Å². The van der Waals surface area contributed by atoms with Crippen molar-refractivity contribution < 1.29 is 0 Å². The average Bonchev–Trinajstić information content (AvgIpc) is 3.60. The maximum atomic E-state index is 3.38. The van der Waals surface area contributed by atoms with Gasteiger partial charge in [0.15, 0.2) is 0 Å². The zero-order valence-corrected chi connectivity index (χ0v) is 22.2. The quantitative estimate of drug-likeness (QED) is 0.215. The van der Waals surface area contributed by atoms with Crippen LogP contribution in [0.1, 0.15) is 11.1 Å². The van der Waals surface area contributed by atoms with Gasteiger partial charge in [-0.3, -0.25) is 0 Å². The number of rotatable bonds is 2. The molecule has 0 aliphatic heterocycles. The van der Waals surface area contributed by atoms with E-state index in [0.717, 1.165) is 0 Å². The van der Waals surface area contributed by atoms with Crippen molar-refractivity contribution in [3.8, 4) is 0 Å². The van der Waals surface area contributed by atoms with Crippen LogP contribution in [0.2, 0.25) is 0 Å². The summed E-state index contributed by atoms with van der Waals surface area (Å²) in [7, 11) is 0. The first-order valence-corrected chi connectivity index (χ1v) is 13.5. The summed E-state index contributed by atoms with van der Waals surface area (Å²) in [6.45, 7) is 0. The van der Waals surface area contributed by atoms with Crippen LogP contribution in [-0.2, 0) is 0 Å². The van der Waals surface area contributed by atoms with Gasteiger partial charge >= 0.3 is 0 Å². The zero-order chi connectivity index (χ0) is 27.0. The van der Waals surface area contributed by atoms with Gasteiger partial charge in [0.05, 0.1) is 0 Å². The molecule has 8 aromatic rings. The second kappa shape index (κ2) is 12.0. The van der Waals surface area contributed by atoms with Crippen LogP contribution in [0.15, 0.2) is 158 Å². The van der Waals surface area contributed by atoms with Crippen molar-refractivity contribution in [2.24, 2.45) is 0 Å². The van der Waals surface area contributed by atoms with Crippen LogP contribution in [0.25, 0.3) is 55.8 Å². The second-order valence-corrected chi connectivity index (χ2v) is 9.59. The van der Waals surface area contributed by atoms with E-state index in [1.54, 1.807) is 0 Å². The molecule has 2 heterocycles. The highest BCUT2D eigenvalue weighted by Crippen LogP contribution is 2.25. The number of nitrogens with one attached hydrogen (secondary N) is 2. The third-order valence-electron chi connectivity index (χ3n) is 6.89. The molecule has 2 N–H and O–H groups in total. The molecule has 6 aromatic carbocycles. The highest BCUT2D eigenvalue weighted by atomic mass is 14.7. The van der Waals surface area contributed by atoms with Gasteiger partial charge in [-0.15, -0.1) is 0 Å². The lowest BCUT2D eigenvalue weighted by Gasteiger charge is -1.92. The molecule has 0 atom stereocenters. The third-order valence-corrected chi connectivity index (χ3v) is 6.89. The number of hydrogen-bond donors (Lipinski definition) is 2. The van der Waals surface area contributed by atoms with Gasteiger partial charge in [-0.25, -0.2) is 0 Å². The van der Waals surface area contributed by atoms with E-state index < -0.39 is 0 Å². The molecule has 2 aromatic heterocycles. The van der Waals surface area contributed by atoms with Crippen LogP contribution < -0.4 is 0 Å². The average molecular weight is 515 g/mol. The summed E-state index contributed by atoms with van der Waals surface area (Å²) in [5, 5.41) is 5.22. The summed E-state index contributed by atoms with van der Waals surface area (Å²) in [5.74, 6) is 0. The van der Waals surface area contributed by atoms with Gasteiger partial charge in [-0.05, 0) is 35.4 Å². The fraction of sp³-hybridized carbons (Fsp3) is 0. The summed E-state index contributed by atoms with van der Waals surface area (Å²) in [5.41, 5.74) is 7.31. The summed E-state index contributed by atoms with van der Waals surface area (Å²) >= 11 is 0. The van der Waals surface area contributed by atoms with E-state index in [4.69, 9.17) is 0 Å². The minimum absolute atomic E-state index is 1.21. The molecule has 2 heteroatoms. The Morgan fingerprint density at radius 3 is 0.825 bits per heavy atom. The number of fused-ring (bicyclic) bond motifs is 6. The molecule has 2 nitrogen and oxygen atoms in total. The van der Waals surface area contributed by atoms with Gasteiger partial charge in [0.25, 0.3) is 0 Å². The predicted molar refractivity (Wildman–Crippen MR) is 173 cm³/mol. The van der Waals surface area contributed by atoms with E-state index in [9.17, 15) is 0 Å². The molecule has 0 fully saturated rings. The smallest absolute Gasteiger partial charge is 0.0464 e. The second-order valence-electron chi connectivity index (χ2n) is 9.59. The van der Waals surface area contributed by atoms with Crippen molar-refractivity contribution in [3.05, 3.63) is 169 Å². The van der Waals surface area contributed by atoms with E-state index >= 15 is 0 Å². The molecule has 0 saturated heterocycles. The Labute approximate surface area is 234 Å². The molecule has 0 saturated carbocycles. The van der Waals surface area contributed by atoms with Crippen LogP contribution in [0.3, 0.4) is 0 Å². The summed E-state index contributed by atoms with van der Waals surface area (Å²) in [4.78, 5) is 6.76. The monoisotopic (exact) mass is 514 g/mol. The molecule has 0 amide bonds. The topological polar surface area (TPSA) is 31.6 Å². The largest absolute Gasteiger partial charge is 0.355 e. The normalized spacial score (nSPS) is 10.9. The molecule has 0 spiro atoms. The molecular weight excluding hydrogens is 484 g/mol. The van der Waals surface area contributed by atoms with Gasteiger partial charge in [-0.1, -0.05) is 146 Å². The molecule has 0 unspecified atom stereocenters. The first-order chi connectivity index (χ1) is 19.8. The van der Waals surface area contributed by atoms with Crippen LogP contribution in [-0.4, -0.2) is 9.97 Å². The van der Waals surface area contributed by atoms with E-state index in [2.05, 4.69) is 143 Å². The molecule has 8 rings (SSSR count). The van der Waals surface area contributed by atoms with Crippen molar-refractivity contribution in [1.82, 2.24) is 9.97 Å². The molecule has 0 aliphatic rings. The molecule has 40 heavy (non-hydrogen) atoms. The van der Waals surface area contributed by atoms with E-state index in [-0.39, 0.29) is 0 Å². The predicted octanol–water partition coefficient (Wildman–Crippen LogP) is 10.5. The zero-order valence-electron chi connectivity index (χ0n) is 22.2. The SMILES string of the molecule is C(=C\c1ccccc1)/c1ccccc1.c1ccc2c(c1)[nH]c1ccccc12.c1ccc2c(c1)[nH]c1ccccc12. The Hall–Kier alpha value is -5.34. The maximum absolute atomic E-state index is 3.38. The van der Waals surface area contributed by atoms with Gasteiger partial charge < -0.3 is 9.97 Å². The molecule has 0 aliphatic carbocycles. The Balaban J connectivity index is 0.000000109. The lowest BCUT2D eigenvalue weighted by Crippen LogP contribution is -1.70. The summed E-state index contributed by atoms with van der Waals surface area (Å²) < 4.78 is 0. The van der Waals surface area contributed by atoms with Gasteiger partial charge in [0.2, 0.25) is 0 Å².